The lowest BCUT2D eigenvalue weighted by atomic mass is 9.87. The molecule has 4 rings (SSSR count). The molecule has 1 spiro atoms. The summed E-state index contributed by atoms with van der Waals surface area (Å²) in [4.78, 5) is 24.3. The van der Waals surface area contributed by atoms with Crippen molar-refractivity contribution >= 4 is 11.9 Å². The zero-order valence-corrected chi connectivity index (χ0v) is 24.4. The summed E-state index contributed by atoms with van der Waals surface area (Å²) in [6.45, 7) is 6.47. The highest BCUT2D eigenvalue weighted by Crippen LogP contribution is 2.43. The maximum absolute atomic E-state index is 12.6. The van der Waals surface area contributed by atoms with Crippen LogP contribution in [0.3, 0.4) is 0 Å². The van der Waals surface area contributed by atoms with Crippen molar-refractivity contribution in [2.24, 2.45) is 5.92 Å². The van der Waals surface area contributed by atoms with Crippen LogP contribution in [-0.2, 0) is 28.5 Å². The molecule has 226 valence electrons. The van der Waals surface area contributed by atoms with Crippen molar-refractivity contribution in [3.05, 3.63) is 48.3 Å². The summed E-state index contributed by atoms with van der Waals surface area (Å²) < 4.78 is 32.8. The van der Waals surface area contributed by atoms with E-state index in [4.69, 9.17) is 28.2 Å². The minimum atomic E-state index is -0.792. The number of hydrogen-bond donors (Lipinski definition) is 2. The number of hydrogen-bond acceptors (Lipinski definition) is 10. The van der Waals surface area contributed by atoms with E-state index in [2.05, 4.69) is 17.4 Å². The van der Waals surface area contributed by atoms with Gasteiger partial charge in [-0.1, -0.05) is 44.2 Å². The Morgan fingerprint density at radius 3 is 2.73 bits per heavy atom. The van der Waals surface area contributed by atoms with Crippen LogP contribution >= 0.6 is 0 Å². The minimum Gasteiger partial charge on any atom is -0.479 e. The molecule has 0 radical (unpaired) electrons. The normalized spacial score (nSPS) is 34.3. The maximum atomic E-state index is 12.6. The summed E-state index contributed by atoms with van der Waals surface area (Å²) >= 11 is 0. The molecule has 41 heavy (non-hydrogen) atoms. The number of aliphatic hydroxyl groups is 1. The third-order valence-electron chi connectivity index (χ3n) is 8.07. The molecule has 1 aromatic rings. The zero-order valence-electron chi connectivity index (χ0n) is 24.4. The van der Waals surface area contributed by atoms with Gasteiger partial charge in [0, 0.05) is 18.4 Å². The van der Waals surface area contributed by atoms with Gasteiger partial charge in [-0.25, -0.2) is 0 Å². The van der Waals surface area contributed by atoms with Crippen LogP contribution in [0.25, 0.3) is 0 Å². The van der Waals surface area contributed by atoms with Crippen LogP contribution in [0, 0.1) is 5.92 Å². The minimum absolute atomic E-state index is 0.0175. The quantitative estimate of drug-likeness (QED) is 0.175. The lowest BCUT2D eigenvalue weighted by Crippen LogP contribution is -2.50. The van der Waals surface area contributed by atoms with E-state index in [0.717, 1.165) is 6.42 Å². The van der Waals surface area contributed by atoms with Crippen molar-refractivity contribution in [1.82, 2.24) is 10.5 Å². The number of methoxy groups -OCH3 is 2. The first kappa shape index (κ1) is 31.0. The highest BCUT2D eigenvalue weighted by Gasteiger charge is 2.58. The Bertz CT molecular complexity index is 1120. The highest BCUT2D eigenvalue weighted by atomic mass is 16.6. The van der Waals surface area contributed by atoms with Crippen molar-refractivity contribution in [2.45, 2.75) is 94.5 Å². The molecule has 3 saturated heterocycles. The smallest absolute Gasteiger partial charge is 0.308 e. The Hall–Kier alpha value is -2.99. The van der Waals surface area contributed by atoms with Gasteiger partial charge in [-0.3, -0.25) is 9.59 Å². The second-order valence-electron chi connectivity index (χ2n) is 11.2. The van der Waals surface area contributed by atoms with Crippen molar-refractivity contribution < 1.29 is 42.9 Å². The predicted octanol–water partition coefficient (Wildman–Crippen LogP) is 2.99. The Morgan fingerprint density at radius 2 is 2.05 bits per heavy atom. The van der Waals surface area contributed by atoms with Crippen molar-refractivity contribution in [1.29, 1.82) is 0 Å². The van der Waals surface area contributed by atoms with Gasteiger partial charge in [0.15, 0.2) is 0 Å². The predicted molar refractivity (Wildman–Crippen MR) is 148 cm³/mol. The Balaban J connectivity index is 1.22. The number of aromatic nitrogens is 1. The third-order valence-corrected chi connectivity index (χ3v) is 8.07. The molecule has 0 bridgehead atoms. The van der Waals surface area contributed by atoms with Gasteiger partial charge in [0.25, 0.3) is 5.88 Å². The van der Waals surface area contributed by atoms with Crippen LogP contribution in [0.5, 0.6) is 5.88 Å². The number of nitrogens with zero attached hydrogens (tertiary/aromatic N) is 1. The molecule has 4 heterocycles. The summed E-state index contributed by atoms with van der Waals surface area (Å²) in [7, 11) is 2.87. The highest BCUT2D eigenvalue weighted by molar-refractivity contribution is 5.87. The largest absolute Gasteiger partial charge is 0.479 e. The number of esters is 1. The first-order valence-electron chi connectivity index (χ1n) is 14.2. The first-order chi connectivity index (χ1) is 19.6. The molecule has 3 fully saturated rings. The van der Waals surface area contributed by atoms with Gasteiger partial charge < -0.3 is 38.6 Å². The molecule has 0 aliphatic carbocycles. The summed E-state index contributed by atoms with van der Waals surface area (Å²) in [6, 6.07) is 1.60. The van der Waals surface area contributed by atoms with Gasteiger partial charge in [-0.15, -0.1) is 0 Å². The van der Waals surface area contributed by atoms with E-state index in [1.54, 1.807) is 18.2 Å². The molecule has 11 nitrogen and oxygen atoms in total. The van der Waals surface area contributed by atoms with Crippen LogP contribution in [0.4, 0.5) is 0 Å². The van der Waals surface area contributed by atoms with Crippen LogP contribution in [0.2, 0.25) is 0 Å². The molecule has 9 atom stereocenters. The lowest BCUT2D eigenvalue weighted by Gasteiger charge is -2.39. The van der Waals surface area contributed by atoms with Crippen LogP contribution < -0.4 is 10.1 Å². The van der Waals surface area contributed by atoms with Crippen molar-refractivity contribution in [3.63, 3.8) is 0 Å². The average Bonchev–Trinajstić information content (AvgIpc) is 3.55. The number of carbonyl (C=O) groups excluding carboxylic acids is 2. The van der Waals surface area contributed by atoms with Gasteiger partial charge in [-0.2, -0.15) is 0 Å². The van der Waals surface area contributed by atoms with Gasteiger partial charge in [0.05, 0.1) is 51.6 Å². The summed E-state index contributed by atoms with van der Waals surface area (Å²) in [5, 5.41) is 17.5. The number of aliphatic hydroxyl groups excluding tert-OH is 1. The third kappa shape index (κ3) is 8.06. The van der Waals surface area contributed by atoms with Gasteiger partial charge in [-0.05, 0) is 36.9 Å². The van der Waals surface area contributed by atoms with E-state index in [1.807, 2.05) is 32.1 Å². The molecule has 1 amide bonds. The van der Waals surface area contributed by atoms with E-state index in [0.29, 0.717) is 31.1 Å². The van der Waals surface area contributed by atoms with Crippen molar-refractivity contribution in [3.8, 4) is 5.88 Å². The van der Waals surface area contributed by atoms with Gasteiger partial charge >= 0.3 is 5.97 Å². The number of allylic oxidation sites excluding steroid dienone is 3. The number of ether oxygens (including phenoxy) is 5. The monoisotopic (exact) mass is 574 g/mol. The van der Waals surface area contributed by atoms with Crippen molar-refractivity contribution in [2.75, 3.05) is 20.8 Å². The fraction of sp³-hybridized carbons (Fsp3) is 0.633. The first-order valence-corrected chi connectivity index (χ1v) is 14.2. The molecule has 1 unspecified atom stereocenters. The fourth-order valence-corrected chi connectivity index (χ4v) is 5.39. The topological polar surface area (TPSA) is 142 Å². The van der Waals surface area contributed by atoms with E-state index in [-0.39, 0.29) is 54.5 Å². The fourth-order valence-electron chi connectivity index (χ4n) is 5.39. The summed E-state index contributed by atoms with van der Waals surface area (Å²) in [6.07, 6.45) is 11.1. The molecule has 0 saturated carbocycles. The Morgan fingerprint density at radius 1 is 1.27 bits per heavy atom. The van der Waals surface area contributed by atoms with Gasteiger partial charge in [0.2, 0.25) is 5.91 Å². The number of epoxide rings is 1. The van der Waals surface area contributed by atoms with Crippen LogP contribution in [-0.4, -0.2) is 85.1 Å². The summed E-state index contributed by atoms with van der Waals surface area (Å²) in [5.41, 5.74) is -0.637. The molecule has 0 aromatic carbocycles. The molecular weight excluding hydrogens is 532 g/mol. The number of carbonyl (C=O) groups is 2. The zero-order chi connectivity index (χ0) is 29.6. The number of amides is 1. The molecule has 3 aliphatic heterocycles. The van der Waals surface area contributed by atoms with E-state index >= 15 is 0 Å². The second-order valence-corrected chi connectivity index (χ2v) is 11.2. The van der Waals surface area contributed by atoms with Crippen LogP contribution in [0.15, 0.2) is 47.0 Å². The molecule has 3 aliphatic rings. The average molecular weight is 575 g/mol. The molecular formula is C30H42N2O9. The molecule has 11 heteroatoms. The number of nitrogens with one attached hydrogen (secondary N) is 1. The van der Waals surface area contributed by atoms with Crippen LogP contribution in [0.1, 0.15) is 58.1 Å². The second kappa shape index (κ2) is 13.8. The molecule has 2 N–H and O–H groups in total. The summed E-state index contributed by atoms with van der Waals surface area (Å²) in [5.74, 6) is 0.599. The van der Waals surface area contributed by atoms with E-state index in [9.17, 15) is 14.7 Å². The lowest BCUT2D eigenvalue weighted by molar-refractivity contribution is -0.157. The van der Waals surface area contributed by atoms with E-state index < -0.39 is 17.8 Å². The number of rotatable bonds is 11. The standard InChI is InChI=1S/C30H42N2O9/c1-18(25-15-27(36-4)32-41-25)11-12-26(33)31-22-13-19(2)23(39-20(22)3)9-7-6-8-10-24-29(35)30(17-38-30)16-21(40-24)14-28(34)37-5/h6-8,10-12,15,18-24,29,35H,9,13-14,16-17H2,1-5H3,(H,31,33)/b7-6+,10-8+,12-11-/t18?,19-,20+,21+,22+,23-,24+,29+,30+/m0/s1. The maximum Gasteiger partial charge on any atom is 0.308 e. The Kier molecular flexibility index (Phi) is 10.4. The molecule has 1 aromatic heterocycles. The van der Waals surface area contributed by atoms with Gasteiger partial charge in [0.1, 0.15) is 23.6 Å². The Labute approximate surface area is 240 Å². The van der Waals surface area contributed by atoms with E-state index in [1.165, 1.54) is 20.3 Å². The SMILES string of the molecule is COC(=O)C[C@@H]1C[C@@]2(CO2)[C@H](O)[C@@H](/C=C/C=C/C[C@@H]2O[C@H](C)[C@H](NC(=O)/C=C\C(C)c3cc(OC)no3)C[C@@H]2C)O1.